The fourth-order valence-corrected chi connectivity index (χ4v) is 2.46. The van der Waals surface area contributed by atoms with Crippen LogP contribution in [0.2, 0.25) is 0 Å². The second kappa shape index (κ2) is 5.35. The molecule has 2 aromatic rings. The second-order valence-corrected chi connectivity index (χ2v) is 4.93. The molecule has 1 aliphatic carbocycles. The van der Waals surface area contributed by atoms with Gasteiger partial charge in [0.1, 0.15) is 5.65 Å². The summed E-state index contributed by atoms with van der Waals surface area (Å²) in [6.45, 7) is 0. The van der Waals surface area contributed by atoms with E-state index in [0.29, 0.717) is 5.65 Å². The van der Waals surface area contributed by atoms with Gasteiger partial charge in [0, 0.05) is 12.2 Å². The zero-order chi connectivity index (χ0) is 14.8. The van der Waals surface area contributed by atoms with Gasteiger partial charge in [-0.1, -0.05) is 18.2 Å². The molecule has 0 bridgehead atoms. The number of pyridine rings is 1. The molecule has 7 nitrogen and oxygen atoms in total. The van der Waals surface area contributed by atoms with Crippen LogP contribution in [0.25, 0.3) is 5.65 Å². The van der Waals surface area contributed by atoms with Gasteiger partial charge in [-0.05, 0) is 31.4 Å². The maximum Gasteiger partial charge on any atom is 0.376 e. The molecule has 0 radical (unpaired) electrons. The van der Waals surface area contributed by atoms with Gasteiger partial charge in [0.05, 0.1) is 4.92 Å². The number of hydrogen-bond acceptors (Lipinski definition) is 5. The minimum atomic E-state index is -0.671. The van der Waals surface area contributed by atoms with Gasteiger partial charge in [-0.2, -0.15) is 0 Å². The van der Waals surface area contributed by atoms with Gasteiger partial charge in [0.15, 0.2) is 0 Å². The molecule has 2 aromatic heterocycles. The van der Waals surface area contributed by atoms with Crippen LogP contribution in [-0.4, -0.2) is 20.3 Å². The molecule has 0 aliphatic heterocycles. The number of rotatable bonds is 3. The van der Waals surface area contributed by atoms with Crippen molar-refractivity contribution in [3.8, 4) is 0 Å². The van der Waals surface area contributed by atoms with E-state index in [1.807, 2.05) is 6.08 Å². The van der Waals surface area contributed by atoms with E-state index in [0.717, 1.165) is 19.3 Å². The van der Waals surface area contributed by atoms with Crippen LogP contribution >= 0.6 is 0 Å². The Balaban J connectivity index is 2.11. The summed E-state index contributed by atoms with van der Waals surface area (Å²) in [6, 6.07) is 5.09. The van der Waals surface area contributed by atoms with Gasteiger partial charge in [-0.15, -0.1) is 0 Å². The minimum Gasteiger partial charge on any atom is -0.361 e. The summed E-state index contributed by atoms with van der Waals surface area (Å²) in [5.41, 5.74) is -0.783. The van der Waals surface area contributed by atoms with Crippen LogP contribution in [-0.2, 0) is 0 Å². The first-order chi connectivity index (χ1) is 10.2. The van der Waals surface area contributed by atoms with E-state index < -0.39 is 16.2 Å². The Labute approximate surface area is 120 Å². The van der Waals surface area contributed by atoms with Crippen LogP contribution in [0.15, 0.2) is 41.3 Å². The van der Waals surface area contributed by atoms with Crippen molar-refractivity contribution in [2.45, 2.75) is 25.3 Å². The Morgan fingerprint density at radius 1 is 1.38 bits per heavy atom. The smallest absolute Gasteiger partial charge is 0.361 e. The van der Waals surface area contributed by atoms with E-state index >= 15 is 0 Å². The topological polar surface area (TPSA) is 89.5 Å². The lowest BCUT2D eigenvalue weighted by molar-refractivity contribution is -0.385. The molecule has 21 heavy (non-hydrogen) atoms. The molecule has 0 fully saturated rings. The molecule has 0 amide bonds. The molecule has 3 rings (SSSR count). The molecule has 108 valence electrons. The highest BCUT2D eigenvalue weighted by molar-refractivity contribution is 5.60. The highest BCUT2D eigenvalue weighted by Gasteiger charge is 2.25. The van der Waals surface area contributed by atoms with Crippen LogP contribution in [0.4, 0.5) is 11.5 Å². The van der Waals surface area contributed by atoms with Crippen molar-refractivity contribution >= 4 is 17.2 Å². The van der Waals surface area contributed by atoms with E-state index in [1.165, 1.54) is 10.6 Å². The van der Waals surface area contributed by atoms with Crippen LogP contribution in [0, 0.1) is 10.1 Å². The van der Waals surface area contributed by atoms with E-state index in [-0.39, 0.29) is 11.9 Å². The van der Waals surface area contributed by atoms with E-state index in [9.17, 15) is 14.9 Å². The highest BCUT2D eigenvalue weighted by atomic mass is 16.6. The standard InChI is InChI=1S/C14H14N4O3/c19-14-12(18(20)21)13(15-10-6-2-1-3-7-10)16-11-8-4-5-9-17(11)14/h1-2,4-5,8-10,15H,3,6-7H2. The number of nitro groups is 1. The average Bonchev–Trinajstić information content (AvgIpc) is 2.48. The molecule has 1 N–H and O–H groups in total. The molecule has 2 heterocycles. The van der Waals surface area contributed by atoms with E-state index in [4.69, 9.17) is 0 Å². The first-order valence-electron chi connectivity index (χ1n) is 6.74. The van der Waals surface area contributed by atoms with Gasteiger partial charge in [-0.3, -0.25) is 19.3 Å². The van der Waals surface area contributed by atoms with Crippen molar-refractivity contribution in [3.05, 3.63) is 57.0 Å². The Kier molecular flexibility index (Phi) is 3.39. The summed E-state index contributed by atoms with van der Waals surface area (Å²) >= 11 is 0. The summed E-state index contributed by atoms with van der Waals surface area (Å²) in [6.07, 6.45) is 8.13. The zero-order valence-corrected chi connectivity index (χ0v) is 11.2. The third-order valence-corrected chi connectivity index (χ3v) is 3.50. The number of fused-ring (bicyclic) bond motifs is 1. The summed E-state index contributed by atoms with van der Waals surface area (Å²) < 4.78 is 1.18. The predicted molar refractivity (Wildman–Crippen MR) is 78.5 cm³/mol. The number of nitrogens with one attached hydrogen (secondary N) is 1. The number of allylic oxidation sites excluding steroid dienone is 1. The average molecular weight is 286 g/mol. The Morgan fingerprint density at radius 3 is 2.95 bits per heavy atom. The van der Waals surface area contributed by atoms with E-state index in [1.54, 1.807) is 18.2 Å². The molecule has 1 unspecified atom stereocenters. The maximum absolute atomic E-state index is 12.3. The minimum absolute atomic E-state index is 0.0523. The van der Waals surface area contributed by atoms with Gasteiger partial charge < -0.3 is 5.32 Å². The summed E-state index contributed by atoms with van der Waals surface area (Å²) in [5.74, 6) is 0.0523. The normalized spacial score (nSPS) is 17.8. The molecule has 1 atom stereocenters. The molecule has 7 heteroatoms. The monoisotopic (exact) mass is 286 g/mol. The molecule has 0 saturated carbocycles. The van der Waals surface area contributed by atoms with Crippen molar-refractivity contribution < 1.29 is 4.92 Å². The van der Waals surface area contributed by atoms with Crippen molar-refractivity contribution in [2.24, 2.45) is 0 Å². The van der Waals surface area contributed by atoms with Crippen molar-refractivity contribution in [1.29, 1.82) is 0 Å². The SMILES string of the molecule is O=c1c([N+](=O)[O-])c(NC2CC=CCC2)nc2ccccn12. The van der Waals surface area contributed by atoms with Crippen LogP contribution in [0.5, 0.6) is 0 Å². The highest BCUT2D eigenvalue weighted by Crippen LogP contribution is 2.22. The lowest BCUT2D eigenvalue weighted by Crippen LogP contribution is -2.26. The Bertz CT molecular complexity index is 781. The van der Waals surface area contributed by atoms with Crippen molar-refractivity contribution in [3.63, 3.8) is 0 Å². The lowest BCUT2D eigenvalue weighted by Gasteiger charge is -2.19. The number of aromatic nitrogens is 2. The molecule has 0 aromatic carbocycles. The first-order valence-corrected chi connectivity index (χ1v) is 6.74. The molecule has 0 spiro atoms. The zero-order valence-electron chi connectivity index (χ0n) is 11.2. The molecule has 1 aliphatic rings. The van der Waals surface area contributed by atoms with Gasteiger partial charge in [-0.25, -0.2) is 4.98 Å². The summed E-state index contributed by atoms with van der Waals surface area (Å²) in [7, 11) is 0. The van der Waals surface area contributed by atoms with Crippen molar-refractivity contribution in [1.82, 2.24) is 9.38 Å². The molecular formula is C14H14N4O3. The Hall–Kier alpha value is -2.70. The third-order valence-electron chi connectivity index (χ3n) is 3.50. The fraction of sp³-hybridized carbons (Fsp3) is 0.286. The summed E-state index contributed by atoms with van der Waals surface area (Å²) in [5, 5.41) is 14.3. The van der Waals surface area contributed by atoms with Crippen LogP contribution in [0.3, 0.4) is 0 Å². The number of anilines is 1. The van der Waals surface area contributed by atoms with Gasteiger partial charge in [0.2, 0.25) is 5.82 Å². The van der Waals surface area contributed by atoms with Crippen LogP contribution < -0.4 is 10.9 Å². The van der Waals surface area contributed by atoms with Gasteiger partial charge in [0.25, 0.3) is 0 Å². The second-order valence-electron chi connectivity index (χ2n) is 4.93. The van der Waals surface area contributed by atoms with Gasteiger partial charge >= 0.3 is 11.2 Å². The first kappa shape index (κ1) is 13.3. The van der Waals surface area contributed by atoms with Crippen LogP contribution in [0.1, 0.15) is 19.3 Å². The summed E-state index contributed by atoms with van der Waals surface area (Å²) in [4.78, 5) is 27.1. The number of hydrogen-bond donors (Lipinski definition) is 1. The fourth-order valence-electron chi connectivity index (χ4n) is 2.46. The quantitative estimate of drug-likeness (QED) is 0.530. The van der Waals surface area contributed by atoms with Crippen molar-refractivity contribution in [2.75, 3.05) is 5.32 Å². The molecule has 0 saturated heterocycles. The Morgan fingerprint density at radius 2 is 2.24 bits per heavy atom. The van der Waals surface area contributed by atoms with E-state index in [2.05, 4.69) is 16.4 Å². The maximum atomic E-state index is 12.3. The third kappa shape index (κ3) is 2.49. The lowest BCUT2D eigenvalue weighted by atomic mass is 10.0. The number of nitrogens with zero attached hydrogens (tertiary/aromatic N) is 3. The molecular weight excluding hydrogens is 272 g/mol. The largest absolute Gasteiger partial charge is 0.376 e. The predicted octanol–water partition coefficient (Wildman–Crippen LogP) is 2.12.